The first kappa shape index (κ1) is 8.08. The van der Waals surface area contributed by atoms with Crippen LogP contribution < -0.4 is 0 Å². The number of hydrogen-bond donors (Lipinski definition) is 1. The first-order valence-corrected chi connectivity index (χ1v) is 4.21. The highest BCUT2D eigenvalue weighted by Gasteiger charge is 1.98. The maximum atomic E-state index is 12.8. The third-order valence-corrected chi connectivity index (χ3v) is 2.02. The molecule has 0 atom stereocenters. The smallest absolute Gasteiger partial charge is 0.128 e. The van der Waals surface area contributed by atoms with Gasteiger partial charge in [-0.1, -0.05) is 22.0 Å². The van der Waals surface area contributed by atoms with E-state index in [0.717, 1.165) is 4.47 Å². The van der Waals surface area contributed by atoms with Gasteiger partial charge in [-0.05, 0) is 17.7 Å². The van der Waals surface area contributed by atoms with E-state index in [2.05, 4.69) is 28.6 Å². The molecule has 1 aromatic rings. The van der Waals surface area contributed by atoms with Crippen LogP contribution in [0.15, 0.2) is 22.7 Å². The number of hydrogen-bond acceptors (Lipinski definition) is 1. The molecule has 0 spiro atoms. The summed E-state index contributed by atoms with van der Waals surface area (Å²) in [6.07, 6.45) is 0. The molecule has 10 heavy (non-hydrogen) atoms. The SMILES string of the molecule is Fc1cc(Br)ccc1CS. The van der Waals surface area contributed by atoms with Crippen molar-refractivity contribution in [1.29, 1.82) is 0 Å². The Labute approximate surface area is 73.0 Å². The molecule has 0 nitrogen and oxygen atoms in total. The Balaban J connectivity index is 3.07. The van der Waals surface area contributed by atoms with Crippen LogP contribution in [0.2, 0.25) is 0 Å². The largest absolute Gasteiger partial charge is 0.207 e. The summed E-state index contributed by atoms with van der Waals surface area (Å²) in [5.41, 5.74) is 0.631. The zero-order valence-electron chi connectivity index (χ0n) is 5.14. The Morgan fingerprint density at radius 2 is 2.20 bits per heavy atom. The summed E-state index contributed by atoms with van der Waals surface area (Å²) < 4.78 is 13.5. The molecule has 0 bridgehead atoms. The lowest BCUT2D eigenvalue weighted by atomic mass is 10.2. The zero-order valence-corrected chi connectivity index (χ0v) is 7.62. The number of halogens is 2. The average Bonchev–Trinajstić information content (AvgIpc) is 1.88. The molecule has 0 amide bonds. The molecule has 0 fully saturated rings. The van der Waals surface area contributed by atoms with Crippen molar-refractivity contribution in [3.05, 3.63) is 34.1 Å². The van der Waals surface area contributed by atoms with Crippen molar-refractivity contribution in [2.75, 3.05) is 0 Å². The van der Waals surface area contributed by atoms with Crippen molar-refractivity contribution in [2.45, 2.75) is 5.75 Å². The van der Waals surface area contributed by atoms with Gasteiger partial charge in [0.1, 0.15) is 5.82 Å². The van der Waals surface area contributed by atoms with Gasteiger partial charge >= 0.3 is 0 Å². The summed E-state index contributed by atoms with van der Waals surface area (Å²) in [7, 11) is 0. The number of benzene rings is 1. The van der Waals surface area contributed by atoms with Crippen LogP contribution in [0.25, 0.3) is 0 Å². The van der Waals surface area contributed by atoms with Gasteiger partial charge in [0.05, 0.1) is 0 Å². The van der Waals surface area contributed by atoms with Gasteiger partial charge in [0.25, 0.3) is 0 Å². The van der Waals surface area contributed by atoms with E-state index in [-0.39, 0.29) is 5.82 Å². The Bertz CT molecular complexity index is 237. The third-order valence-electron chi connectivity index (χ3n) is 1.19. The minimum absolute atomic E-state index is 0.204. The molecule has 0 saturated carbocycles. The van der Waals surface area contributed by atoms with Gasteiger partial charge in [-0.15, -0.1) is 0 Å². The summed E-state index contributed by atoms with van der Waals surface area (Å²) >= 11 is 7.12. The lowest BCUT2D eigenvalue weighted by Crippen LogP contribution is -1.83. The first-order chi connectivity index (χ1) is 4.74. The van der Waals surface area contributed by atoms with Crippen LogP contribution in [0.1, 0.15) is 5.56 Å². The predicted octanol–water partition coefficient (Wildman–Crippen LogP) is 3.02. The van der Waals surface area contributed by atoms with Crippen LogP contribution in [0, 0.1) is 5.82 Å². The maximum absolute atomic E-state index is 12.8. The molecule has 0 aromatic heterocycles. The van der Waals surface area contributed by atoms with Crippen molar-refractivity contribution in [1.82, 2.24) is 0 Å². The Morgan fingerprint density at radius 1 is 1.50 bits per heavy atom. The summed E-state index contributed by atoms with van der Waals surface area (Å²) in [6, 6.07) is 4.95. The van der Waals surface area contributed by atoms with E-state index in [4.69, 9.17) is 0 Å². The molecule has 0 aliphatic carbocycles. The summed E-state index contributed by atoms with van der Waals surface area (Å²) in [6.45, 7) is 0. The fraction of sp³-hybridized carbons (Fsp3) is 0.143. The molecule has 0 unspecified atom stereocenters. The second kappa shape index (κ2) is 3.39. The summed E-state index contributed by atoms with van der Waals surface area (Å²) in [4.78, 5) is 0. The third kappa shape index (κ3) is 1.73. The second-order valence-electron chi connectivity index (χ2n) is 1.89. The van der Waals surface area contributed by atoms with Crippen molar-refractivity contribution >= 4 is 28.6 Å². The van der Waals surface area contributed by atoms with E-state index in [1.165, 1.54) is 6.07 Å². The van der Waals surface area contributed by atoms with E-state index in [0.29, 0.717) is 11.3 Å². The molecule has 0 heterocycles. The van der Waals surface area contributed by atoms with Crippen LogP contribution in [-0.4, -0.2) is 0 Å². The average molecular weight is 221 g/mol. The minimum Gasteiger partial charge on any atom is -0.207 e. The van der Waals surface area contributed by atoms with Crippen molar-refractivity contribution in [2.24, 2.45) is 0 Å². The van der Waals surface area contributed by atoms with Gasteiger partial charge < -0.3 is 0 Å². The Kier molecular flexibility index (Phi) is 2.74. The Hall–Kier alpha value is -0.0200. The van der Waals surface area contributed by atoms with Gasteiger partial charge in [-0.2, -0.15) is 12.6 Å². The molecule has 0 N–H and O–H groups in total. The lowest BCUT2D eigenvalue weighted by molar-refractivity contribution is 0.616. The van der Waals surface area contributed by atoms with Crippen LogP contribution in [0.3, 0.4) is 0 Å². The highest BCUT2D eigenvalue weighted by atomic mass is 79.9. The van der Waals surface area contributed by atoms with Gasteiger partial charge in [0.2, 0.25) is 0 Å². The molecular formula is C7H6BrFS. The molecule has 0 saturated heterocycles. The van der Waals surface area contributed by atoms with E-state index >= 15 is 0 Å². The monoisotopic (exact) mass is 220 g/mol. The molecule has 3 heteroatoms. The second-order valence-corrected chi connectivity index (χ2v) is 3.13. The normalized spacial score (nSPS) is 9.90. The van der Waals surface area contributed by atoms with Crippen LogP contribution in [-0.2, 0) is 5.75 Å². The van der Waals surface area contributed by atoms with Crippen LogP contribution in [0.5, 0.6) is 0 Å². The van der Waals surface area contributed by atoms with E-state index in [9.17, 15) is 4.39 Å². The highest BCUT2D eigenvalue weighted by Crippen LogP contribution is 2.16. The molecule has 1 rings (SSSR count). The van der Waals surface area contributed by atoms with Crippen LogP contribution >= 0.6 is 28.6 Å². The fourth-order valence-electron chi connectivity index (χ4n) is 0.650. The zero-order chi connectivity index (χ0) is 7.56. The van der Waals surface area contributed by atoms with Gasteiger partial charge in [-0.3, -0.25) is 0 Å². The van der Waals surface area contributed by atoms with Crippen molar-refractivity contribution in [3.8, 4) is 0 Å². The molecule has 54 valence electrons. The molecular weight excluding hydrogens is 215 g/mol. The molecule has 0 aliphatic rings. The number of rotatable bonds is 1. The van der Waals surface area contributed by atoms with Crippen molar-refractivity contribution in [3.63, 3.8) is 0 Å². The highest BCUT2D eigenvalue weighted by molar-refractivity contribution is 9.10. The standard InChI is InChI=1S/C7H6BrFS/c8-6-2-1-5(4-10)7(9)3-6/h1-3,10H,4H2. The minimum atomic E-state index is -0.204. The molecule has 1 aromatic carbocycles. The topological polar surface area (TPSA) is 0 Å². The maximum Gasteiger partial charge on any atom is 0.128 e. The fourth-order valence-corrected chi connectivity index (χ4v) is 1.24. The molecule has 0 radical (unpaired) electrons. The Morgan fingerprint density at radius 3 is 2.70 bits per heavy atom. The number of thiol groups is 1. The summed E-state index contributed by atoms with van der Waals surface area (Å²) in [5.74, 6) is 0.239. The summed E-state index contributed by atoms with van der Waals surface area (Å²) in [5, 5.41) is 0. The lowest BCUT2D eigenvalue weighted by Gasteiger charge is -1.97. The molecule has 0 aliphatic heterocycles. The van der Waals surface area contributed by atoms with E-state index in [1.807, 2.05) is 0 Å². The van der Waals surface area contributed by atoms with Crippen LogP contribution in [0.4, 0.5) is 4.39 Å². The predicted molar refractivity (Wildman–Crippen MR) is 46.8 cm³/mol. The van der Waals surface area contributed by atoms with Gasteiger partial charge in [0.15, 0.2) is 0 Å². The first-order valence-electron chi connectivity index (χ1n) is 2.79. The van der Waals surface area contributed by atoms with Gasteiger partial charge in [0, 0.05) is 10.2 Å². The van der Waals surface area contributed by atoms with Gasteiger partial charge in [-0.25, -0.2) is 4.39 Å². The van der Waals surface area contributed by atoms with E-state index < -0.39 is 0 Å². The van der Waals surface area contributed by atoms with E-state index in [1.54, 1.807) is 12.1 Å². The van der Waals surface area contributed by atoms with Crippen molar-refractivity contribution < 1.29 is 4.39 Å². The quantitative estimate of drug-likeness (QED) is 0.692.